The third kappa shape index (κ3) is 30.6. The van der Waals surface area contributed by atoms with Crippen LogP contribution in [0, 0.1) is 0 Å². The van der Waals surface area contributed by atoms with E-state index in [1.54, 1.807) is 0 Å². The first kappa shape index (κ1) is 64.2. The third-order valence-corrected chi connectivity index (χ3v) is 12.8. The number of unbranched alkanes of at least 4 members (excludes halogenated alkanes) is 18. The minimum Gasteiger partial charge on any atom is -0.550 e. The summed E-state index contributed by atoms with van der Waals surface area (Å²) in [6.45, 7) is 5.72. The molecule has 0 aromatic heterocycles. The quantitative estimate of drug-likeness (QED) is 0.0294. The average molecular weight is 891 g/mol. The molecular weight excluding hydrogens is 819 g/mol. The maximum atomic E-state index is 11.5. The van der Waals surface area contributed by atoms with E-state index in [1.165, 1.54) is 89.9 Å². The molecule has 6 N–H and O–H groups in total. The van der Waals surface area contributed by atoms with Crippen molar-refractivity contribution in [2.75, 3.05) is 26.4 Å². The molecule has 58 heavy (non-hydrogen) atoms. The molecule has 2 atom stereocenters. The van der Waals surface area contributed by atoms with Crippen LogP contribution in [0.4, 0.5) is 0 Å². The van der Waals surface area contributed by atoms with Crippen LogP contribution >= 0.6 is 0 Å². The Morgan fingerprint density at radius 3 is 0.897 bits per heavy atom. The van der Waals surface area contributed by atoms with E-state index in [0.717, 1.165) is 38.5 Å². The maximum Gasteiger partial charge on any atom is 1.00 e. The fourth-order valence-electron chi connectivity index (χ4n) is 6.27. The Labute approximate surface area is 392 Å². The molecule has 0 saturated heterocycles. The predicted molar refractivity (Wildman–Crippen MR) is 210 cm³/mol. The van der Waals surface area contributed by atoms with Crippen LogP contribution in [0.5, 0.6) is 0 Å². The smallest absolute Gasteiger partial charge is 0.550 e. The number of primary amides is 2. The van der Waals surface area contributed by atoms with Crippen LogP contribution < -0.4 is 80.8 Å². The number of rotatable bonds is 38. The van der Waals surface area contributed by atoms with Crippen LogP contribution in [-0.2, 0) is 48.9 Å². The van der Waals surface area contributed by atoms with Crippen LogP contribution in [0.15, 0.2) is 0 Å². The van der Waals surface area contributed by atoms with E-state index in [-0.39, 0.29) is 85.2 Å². The van der Waals surface area contributed by atoms with Crippen molar-refractivity contribution < 1.29 is 124 Å². The average Bonchev–Trinajstić information content (AvgIpc) is 3.09. The number of carbonyl (C=O) groups excluding carboxylic acids is 4. The van der Waals surface area contributed by atoms with Gasteiger partial charge in [0.05, 0.1) is 0 Å². The number of aliphatic carboxylic acids is 2. The monoisotopic (exact) mass is 890 g/mol. The molecule has 0 fully saturated rings. The molecule has 20 heteroatoms. The minimum absolute atomic E-state index is 0. The molecule has 0 heterocycles. The second-order valence-corrected chi connectivity index (χ2v) is 18.0. The van der Waals surface area contributed by atoms with E-state index in [2.05, 4.69) is 13.8 Å². The maximum absolute atomic E-state index is 11.5. The normalized spacial score (nSPS) is 13.4. The van der Waals surface area contributed by atoms with Crippen LogP contribution in [-0.4, -0.2) is 85.6 Å². The van der Waals surface area contributed by atoms with Gasteiger partial charge in [-0.2, -0.15) is 16.8 Å². The van der Waals surface area contributed by atoms with Crippen molar-refractivity contribution in [1.82, 2.24) is 0 Å². The number of hydrogen-bond acceptors (Lipinski definition) is 12. The Morgan fingerprint density at radius 1 is 0.466 bits per heavy atom. The zero-order valence-electron chi connectivity index (χ0n) is 36.0. The zero-order chi connectivity index (χ0) is 42.9. The molecule has 2 amide bonds. The van der Waals surface area contributed by atoms with E-state index in [0.29, 0.717) is 13.2 Å². The van der Waals surface area contributed by atoms with Crippen LogP contribution in [0.1, 0.15) is 181 Å². The van der Waals surface area contributed by atoms with Gasteiger partial charge in [-0.25, -0.2) is 0 Å². The van der Waals surface area contributed by atoms with Gasteiger partial charge in [0.2, 0.25) is 11.8 Å². The molecule has 0 spiro atoms. The van der Waals surface area contributed by atoms with E-state index in [1.807, 2.05) is 0 Å². The fourth-order valence-corrected chi connectivity index (χ4v) is 8.18. The largest absolute Gasteiger partial charge is 1.00 e. The molecule has 0 aliphatic rings. The first-order valence-electron chi connectivity index (χ1n) is 20.4. The molecular formula is C38H72N2Na2O14S2. The van der Waals surface area contributed by atoms with Gasteiger partial charge in [0.15, 0.2) is 9.49 Å². The molecule has 0 radical (unpaired) electrons. The van der Waals surface area contributed by atoms with Crippen molar-refractivity contribution >= 4 is 44.0 Å². The number of carboxylic acids is 2. The Kier molecular flexibility index (Phi) is 42.4. The fraction of sp³-hybridized carbons (Fsp3) is 0.895. The molecule has 16 nitrogen and oxygen atoms in total. The van der Waals surface area contributed by atoms with Gasteiger partial charge in [-0.3, -0.25) is 18.7 Å². The standard InChI is InChI=1S/2C19H37NO7S.2Na/c2*1-2-3-4-5-6-7-8-9-10-11-14-27-15-12-13-19(18(20)23,16-17(21)22)28(24,25)26;;/h2*2-16H2,1H3,(H2,20,23)(H,21,22)(H,24,25,26);;/q;;2*+1/p-2. The van der Waals surface area contributed by atoms with E-state index in [9.17, 15) is 55.3 Å². The van der Waals surface area contributed by atoms with E-state index >= 15 is 0 Å². The van der Waals surface area contributed by atoms with Crippen molar-refractivity contribution in [1.29, 1.82) is 0 Å². The van der Waals surface area contributed by atoms with Gasteiger partial charge >= 0.3 is 59.1 Å². The molecule has 0 bridgehead atoms. The molecule has 332 valence electrons. The predicted octanol–water partition coefficient (Wildman–Crippen LogP) is -2.08. The molecule has 0 rings (SSSR count). The summed E-state index contributed by atoms with van der Waals surface area (Å²) in [6, 6.07) is 0. The van der Waals surface area contributed by atoms with Crippen molar-refractivity contribution in [2.45, 2.75) is 190 Å². The summed E-state index contributed by atoms with van der Waals surface area (Å²) in [5.74, 6) is -6.37. The molecule has 0 aromatic rings. The second kappa shape index (κ2) is 38.3. The van der Waals surface area contributed by atoms with Crippen molar-refractivity contribution in [3.8, 4) is 0 Å². The third-order valence-electron chi connectivity index (χ3n) is 9.77. The number of amides is 2. The molecule has 0 aliphatic carbocycles. The van der Waals surface area contributed by atoms with Crippen LogP contribution in [0.2, 0.25) is 0 Å². The van der Waals surface area contributed by atoms with Gasteiger partial charge in [0.25, 0.3) is 20.2 Å². The summed E-state index contributed by atoms with van der Waals surface area (Å²) < 4.78 is 70.3. The van der Waals surface area contributed by atoms with Crippen molar-refractivity contribution in [3.63, 3.8) is 0 Å². The summed E-state index contributed by atoms with van der Waals surface area (Å²) in [7, 11) is -9.98. The number of carboxylic acid groups (broad SMARTS) is 2. The SMILES string of the molecule is CCCCCCCCCCCCOCCCC(CC(=O)[O-])(C(N)=O)S(=O)(=O)O.CCCCCCCCCCCCOCCCC(CC(=O)[O-])(C(N)=O)S(=O)(=O)O.[Na+].[Na+]. The van der Waals surface area contributed by atoms with Crippen molar-refractivity contribution in [2.24, 2.45) is 11.5 Å². The summed E-state index contributed by atoms with van der Waals surface area (Å²) in [5.41, 5.74) is 10.1. The topological polar surface area (TPSA) is 294 Å². The van der Waals surface area contributed by atoms with Crippen molar-refractivity contribution in [3.05, 3.63) is 0 Å². The molecule has 2 unspecified atom stereocenters. The Balaban J connectivity index is -0.000000486. The summed E-state index contributed by atoms with van der Waals surface area (Å²) in [6.07, 6.45) is 21.0. The summed E-state index contributed by atoms with van der Waals surface area (Å²) in [5, 5.41) is 21.6. The van der Waals surface area contributed by atoms with Crippen LogP contribution in [0.3, 0.4) is 0 Å². The summed E-state index contributed by atoms with van der Waals surface area (Å²) in [4.78, 5) is 44.6. The van der Waals surface area contributed by atoms with E-state index < -0.39 is 79.2 Å². The zero-order valence-corrected chi connectivity index (χ0v) is 41.6. The minimum atomic E-state index is -4.99. The van der Waals surface area contributed by atoms with E-state index in [4.69, 9.17) is 20.9 Å². The molecule has 0 saturated carbocycles. The second-order valence-electron chi connectivity index (χ2n) is 14.6. The number of ether oxygens (including phenoxy) is 2. The van der Waals surface area contributed by atoms with Crippen LogP contribution in [0.25, 0.3) is 0 Å². The number of carbonyl (C=O) groups is 4. The summed E-state index contributed by atoms with van der Waals surface area (Å²) >= 11 is 0. The van der Waals surface area contributed by atoms with Gasteiger partial charge in [0.1, 0.15) is 0 Å². The Bertz CT molecular complexity index is 1210. The van der Waals surface area contributed by atoms with Gasteiger partial charge in [-0.1, -0.05) is 129 Å². The first-order chi connectivity index (χ1) is 26.3. The van der Waals surface area contributed by atoms with Gasteiger partial charge in [0, 0.05) is 51.2 Å². The molecule has 0 aliphatic heterocycles. The van der Waals surface area contributed by atoms with Gasteiger partial charge in [-0.05, 0) is 38.5 Å². The number of nitrogens with two attached hydrogens (primary N) is 2. The van der Waals surface area contributed by atoms with Gasteiger partial charge < -0.3 is 40.7 Å². The van der Waals surface area contributed by atoms with Gasteiger partial charge in [-0.15, -0.1) is 0 Å². The first-order valence-corrected chi connectivity index (χ1v) is 23.3. The Hall–Kier alpha value is -0.380. The molecule has 0 aromatic carbocycles. The Morgan fingerprint density at radius 2 is 0.690 bits per heavy atom. The number of hydrogen-bond donors (Lipinski definition) is 4.